The predicted molar refractivity (Wildman–Crippen MR) is 111 cm³/mol. The summed E-state index contributed by atoms with van der Waals surface area (Å²) in [5.41, 5.74) is 0.948. The number of fused-ring (bicyclic) bond motifs is 1. The van der Waals surface area contributed by atoms with Gasteiger partial charge >= 0.3 is 0 Å². The Morgan fingerprint density at radius 1 is 1.07 bits per heavy atom. The van der Waals surface area contributed by atoms with Crippen molar-refractivity contribution >= 4 is 28.6 Å². The van der Waals surface area contributed by atoms with Crippen LogP contribution >= 0.6 is 0 Å². The van der Waals surface area contributed by atoms with E-state index in [0.29, 0.717) is 25.2 Å². The van der Waals surface area contributed by atoms with E-state index in [0.717, 1.165) is 48.8 Å². The van der Waals surface area contributed by atoms with E-state index in [1.807, 2.05) is 37.2 Å². The Morgan fingerprint density at radius 2 is 1.82 bits per heavy atom. The molecule has 2 aromatic rings. The molecule has 7 heteroatoms. The number of nitrogens with zero attached hydrogens (tertiary/aromatic N) is 3. The predicted octanol–water partition coefficient (Wildman–Crippen LogP) is 2.57. The normalized spacial score (nSPS) is 24.9. The van der Waals surface area contributed by atoms with Crippen LogP contribution in [0.15, 0.2) is 24.3 Å². The Kier molecular flexibility index (Phi) is 5.62. The van der Waals surface area contributed by atoms with E-state index in [1.165, 1.54) is 0 Å². The van der Waals surface area contributed by atoms with Crippen molar-refractivity contribution in [2.24, 2.45) is 5.92 Å². The van der Waals surface area contributed by atoms with Crippen LogP contribution in [-0.2, 0) is 9.53 Å². The maximum atomic E-state index is 12.3. The molecule has 7 nitrogen and oxygen atoms in total. The van der Waals surface area contributed by atoms with Crippen molar-refractivity contribution in [1.29, 1.82) is 0 Å². The lowest BCUT2D eigenvalue weighted by atomic mass is 9.90. The zero-order chi connectivity index (χ0) is 19.5. The number of rotatable bonds is 5. The molecule has 2 heterocycles. The van der Waals surface area contributed by atoms with E-state index in [-0.39, 0.29) is 17.9 Å². The van der Waals surface area contributed by atoms with Gasteiger partial charge in [0.1, 0.15) is 5.82 Å². The molecule has 1 saturated heterocycles. The average Bonchev–Trinajstić information content (AvgIpc) is 3.24. The highest BCUT2D eigenvalue weighted by Crippen LogP contribution is 2.26. The third-order valence-corrected chi connectivity index (χ3v) is 5.71. The van der Waals surface area contributed by atoms with Crippen LogP contribution < -0.4 is 15.5 Å². The third-order valence-electron chi connectivity index (χ3n) is 5.71. The number of aromatic nitrogens is 2. The Balaban J connectivity index is 1.36. The fourth-order valence-corrected chi connectivity index (χ4v) is 4.09. The number of amides is 1. The standard InChI is InChI=1S/C21H29N5O2/c1-26(2)19-17-5-3-4-6-18(17)24-21(25-19)23-16-9-7-15(8-10-16)22-20(27)14-11-12-28-13-14/h3-6,14-16H,7-13H2,1-2H3,(H,22,27)(H,23,24,25). The van der Waals surface area contributed by atoms with Gasteiger partial charge in [0.05, 0.1) is 18.0 Å². The van der Waals surface area contributed by atoms with Crippen LogP contribution in [-0.4, -0.2) is 55.3 Å². The van der Waals surface area contributed by atoms with E-state index in [4.69, 9.17) is 14.7 Å². The first-order valence-corrected chi connectivity index (χ1v) is 10.2. The number of para-hydroxylation sites is 1. The molecule has 1 amide bonds. The van der Waals surface area contributed by atoms with Crippen molar-refractivity contribution in [2.75, 3.05) is 37.5 Å². The molecule has 2 fully saturated rings. The molecule has 1 aliphatic heterocycles. The summed E-state index contributed by atoms with van der Waals surface area (Å²) < 4.78 is 5.32. The Bertz CT molecular complexity index is 827. The summed E-state index contributed by atoms with van der Waals surface area (Å²) >= 11 is 0. The topological polar surface area (TPSA) is 79.4 Å². The van der Waals surface area contributed by atoms with Gasteiger partial charge in [-0.15, -0.1) is 0 Å². The van der Waals surface area contributed by atoms with E-state index < -0.39 is 0 Å². The van der Waals surface area contributed by atoms with Crippen molar-refractivity contribution in [2.45, 2.75) is 44.2 Å². The lowest BCUT2D eigenvalue weighted by Gasteiger charge is -2.30. The minimum atomic E-state index is 0.0336. The van der Waals surface area contributed by atoms with Crippen molar-refractivity contribution in [3.8, 4) is 0 Å². The maximum Gasteiger partial charge on any atom is 0.225 e. The molecule has 150 valence electrons. The molecule has 4 rings (SSSR count). The van der Waals surface area contributed by atoms with E-state index in [1.54, 1.807) is 0 Å². The first-order chi connectivity index (χ1) is 13.6. The average molecular weight is 383 g/mol. The summed E-state index contributed by atoms with van der Waals surface area (Å²) in [5.74, 6) is 1.79. The summed E-state index contributed by atoms with van der Waals surface area (Å²) in [6.07, 6.45) is 4.80. The Hall–Kier alpha value is -2.41. The van der Waals surface area contributed by atoms with E-state index in [9.17, 15) is 4.79 Å². The summed E-state index contributed by atoms with van der Waals surface area (Å²) in [4.78, 5) is 23.7. The number of carbonyl (C=O) groups is 1. The van der Waals surface area contributed by atoms with Gasteiger partial charge in [0.25, 0.3) is 0 Å². The van der Waals surface area contributed by atoms with Gasteiger partial charge in [-0.3, -0.25) is 4.79 Å². The molecule has 2 N–H and O–H groups in total. The number of anilines is 2. The lowest BCUT2D eigenvalue weighted by molar-refractivity contribution is -0.125. The van der Waals surface area contributed by atoms with Gasteiger partial charge in [-0.2, -0.15) is 4.98 Å². The van der Waals surface area contributed by atoms with Crippen LogP contribution in [0.25, 0.3) is 10.9 Å². The minimum Gasteiger partial charge on any atom is -0.381 e. The van der Waals surface area contributed by atoms with Gasteiger partial charge in [0.2, 0.25) is 11.9 Å². The highest BCUT2D eigenvalue weighted by atomic mass is 16.5. The van der Waals surface area contributed by atoms with Gasteiger partial charge in [-0.1, -0.05) is 12.1 Å². The molecule has 0 radical (unpaired) electrons. The summed E-state index contributed by atoms with van der Waals surface area (Å²) in [5, 5.41) is 7.78. The highest BCUT2D eigenvalue weighted by Gasteiger charge is 2.28. The summed E-state index contributed by atoms with van der Waals surface area (Å²) in [7, 11) is 4.00. The van der Waals surface area contributed by atoms with Gasteiger partial charge in [-0.05, 0) is 44.2 Å². The van der Waals surface area contributed by atoms with E-state index in [2.05, 4.69) is 16.7 Å². The molecule has 0 bridgehead atoms. The number of carbonyl (C=O) groups excluding carboxylic acids is 1. The smallest absolute Gasteiger partial charge is 0.225 e. The van der Waals surface area contributed by atoms with Crippen molar-refractivity contribution in [3.63, 3.8) is 0 Å². The minimum absolute atomic E-state index is 0.0336. The summed E-state index contributed by atoms with van der Waals surface area (Å²) in [6.45, 7) is 1.27. The first-order valence-electron chi connectivity index (χ1n) is 10.2. The molecular formula is C21H29N5O2. The zero-order valence-electron chi connectivity index (χ0n) is 16.6. The van der Waals surface area contributed by atoms with Crippen LogP contribution in [0.5, 0.6) is 0 Å². The summed E-state index contributed by atoms with van der Waals surface area (Å²) in [6, 6.07) is 8.69. The largest absolute Gasteiger partial charge is 0.381 e. The van der Waals surface area contributed by atoms with Gasteiger partial charge < -0.3 is 20.3 Å². The molecular weight excluding hydrogens is 354 g/mol. The molecule has 1 atom stereocenters. The van der Waals surface area contributed by atoms with Crippen LogP contribution in [0.4, 0.5) is 11.8 Å². The van der Waals surface area contributed by atoms with E-state index >= 15 is 0 Å². The lowest BCUT2D eigenvalue weighted by Crippen LogP contribution is -2.43. The molecule has 28 heavy (non-hydrogen) atoms. The van der Waals surface area contributed by atoms with Crippen molar-refractivity contribution in [1.82, 2.24) is 15.3 Å². The monoisotopic (exact) mass is 383 g/mol. The molecule has 1 aromatic carbocycles. The molecule has 0 spiro atoms. The number of nitrogens with one attached hydrogen (secondary N) is 2. The maximum absolute atomic E-state index is 12.3. The zero-order valence-corrected chi connectivity index (χ0v) is 16.6. The second-order valence-corrected chi connectivity index (χ2v) is 8.04. The molecule has 2 aliphatic rings. The molecule has 1 aromatic heterocycles. The molecule has 1 saturated carbocycles. The van der Waals surface area contributed by atoms with Crippen LogP contribution in [0.3, 0.4) is 0 Å². The van der Waals surface area contributed by atoms with Crippen LogP contribution in [0.1, 0.15) is 32.1 Å². The van der Waals surface area contributed by atoms with Crippen LogP contribution in [0, 0.1) is 5.92 Å². The second kappa shape index (κ2) is 8.31. The quantitative estimate of drug-likeness (QED) is 0.826. The van der Waals surface area contributed by atoms with Gasteiger partial charge in [0, 0.05) is 38.2 Å². The number of hydrogen-bond acceptors (Lipinski definition) is 6. The van der Waals surface area contributed by atoms with Crippen LogP contribution in [0.2, 0.25) is 0 Å². The fraction of sp³-hybridized carbons (Fsp3) is 0.571. The number of benzene rings is 1. The fourth-order valence-electron chi connectivity index (χ4n) is 4.09. The highest BCUT2D eigenvalue weighted by molar-refractivity contribution is 5.90. The molecule has 1 aliphatic carbocycles. The SMILES string of the molecule is CN(C)c1nc(NC2CCC(NC(=O)C3CCOC3)CC2)nc2ccccc12. The Labute approximate surface area is 165 Å². The van der Waals surface area contributed by atoms with Gasteiger partial charge in [0.15, 0.2) is 0 Å². The van der Waals surface area contributed by atoms with Gasteiger partial charge in [-0.25, -0.2) is 4.98 Å². The van der Waals surface area contributed by atoms with Crippen molar-refractivity contribution < 1.29 is 9.53 Å². The first kappa shape index (κ1) is 18.9. The molecule has 1 unspecified atom stereocenters. The van der Waals surface area contributed by atoms with Crippen molar-refractivity contribution in [3.05, 3.63) is 24.3 Å². The third kappa shape index (κ3) is 4.19. The second-order valence-electron chi connectivity index (χ2n) is 8.04. The number of hydrogen-bond donors (Lipinski definition) is 2. The number of ether oxygens (including phenoxy) is 1. The Morgan fingerprint density at radius 3 is 2.54 bits per heavy atom.